The van der Waals surface area contributed by atoms with Crippen LogP contribution < -0.4 is 0 Å². The maximum Gasteiger partial charge on any atom is 0.157 e. The molecule has 1 saturated heterocycles. The molecule has 1 rings (SSSR count). The first kappa shape index (κ1) is 9.68. The summed E-state index contributed by atoms with van der Waals surface area (Å²) in [5.41, 5.74) is 0. The van der Waals surface area contributed by atoms with Gasteiger partial charge in [-0.15, -0.1) is 0 Å². The number of carbonyl (C=O) groups excluding carboxylic acids is 1. The molecule has 0 N–H and O–H groups in total. The third-order valence-corrected chi connectivity index (χ3v) is 1.95. The minimum Gasteiger partial charge on any atom is -0.350 e. The van der Waals surface area contributed by atoms with E-state index in [2.05, 4.69) is 0 Å². The normalized spacial score (nSPS) is 18.3. The van der Waals surface area contributed by atoms with E-state index in [4.69, 9.17) is 9.47 Å². The number of unbranched alkanes of at least 4 members (excludes halogenated alkanes) is 3. The van der Waals surface area contributed by atoms with E-state index in [0.29, 0.717) is 6.42 Å². The second-order valence-electron chi connectivity index (χ2n) is 2.98. The second-order valence-corrected chi connectivity index (χ2v) is 2.98. The zero-order valence-electron chi connectivity index (χ0n) is 7.33. The predicted molar refractivity (Wildman–Crippen MR) is 44.8 cm³/mol. The Balaban J connectivity index is 1.84. The van der Waals surface area contributed by atoms with Crippen LogP contribution in [0, 0.1) is 0 Å². The maximum atomic E-state index is 9.97. The molecule has 1 heterocycles. The molecule has 3 heteroatoms. The van der Waals surface area contributed by atoms with Gasteiger partial charge in [0.2, 0.25) is 0 Å². The lowest BCUT2D eigenvalue weighted by atomic mass is 10.1. The van der Waals surface area contributed by atoms with Crippen molar-refractivity contribution in [3.63, 3.8) is 0 Å². The highest BCUT2D eigenvalue weighted by Crippen LogP contribution is 2.12. The van der Waals surface area contributed by atoms with Gasteiger partial charge in [-0.2, -0.15) is 0 Å². The topological polar surface area (TPSA) is 35.5 Å². The lowest BCUT2D eigenvalue weighted by Gasteiger charge is -2.07. The van der Waals surface area contributed by atoms with Crippen molar-refractivity contribution in [2.45, 2.75) is 38.4 Å². The fraction of sp³-hybridized carbons (Fsp3) is 0.889. The maximum absolute atomic E-state index is 9.97. The molecule has 1 fully saturated rings. The molecule has 0 aliphatic carbocycles. The van der Waals surface area contributed by atoms with E-state index in [1.54, 1.807) is 0 Å². The van der Waals surface area contributed by atoms with Gasteiger partial charge in [-0.3, -0.25) is 0 Å². The Morgan fingerprint density at radius 2 is 1.92 bits per heavy atom. The van der Waals surface area contributed by atoms with Crippen LogP contribution in [0.4, 0.5) is 0 Å². The molecule has 0 amide bonds. The summed E-state index contributed by atoms with van der Waals surface area (Å²) in [7, 11) is 0. The molecular formula is C9H16O3. The molecule has 0 aromatic heterocycles. The minimum absolute atomic E-state index is 0.0289. The predicted octanol–water partition coefficient (Wildman–Crippen LogP) is 1.51. The molecular weight excluding hydrogens is 156 g/mol. The molecule has 0 atom stereocenters. The van der Waals surface area contributed by atoms with Gasteiger partial charge < -0.3 is 14.3 Å². The van der Waals surface area contributed by atoms with Crippen LogP contribution in [0.25, 0.3) is 0 Å². The molecule has 0 radical (unpaired) electrons. The molecule has 0 unspecified atom stereocenters. The molecule has 1 aliphatic rings. The highest BCUT2D eigenvalue weighted by molar-refractivity contribution is 5.48. The Morgan fingerprint density at radius 1 is 1.17 bits per heavy atom. The minimum atomic E-state index is 0.0289. The summed E-state index contributed by atoms with van der Waals surface area (Å²) in [6, 6.07) is 0. The molecule has 0 saturated carbocycles. The lowest BCUT2D eigenvalue weighted by molar-refractivity contribution is -0.107. The molecule has 0 bridgehead atoms. The van der Waals surface area contributed by atoms with Gasteiger partial charge in [-0.1, -0.05) is 6.42 Å². The molecule has 3 nitrogen and oxygen atoms in total. The number of carbonyl (C=O) groups is 1. The molecule has 12 heavy (non-hydrogen) atoms. The first-order valence-electron chi connectivity index (χ1n) is 4.60. The Morgan fingerprint density at radius 3 is 2.58 bits per heavy atom. The van der Waals surface area contributed by atoms with Crippen molar-refractivity contribution in [2.75, 3.05) is 13.2 Å². The van der Waals surface area contributed by atoms with E-state index in [0.717, 1.165) is 45.2 Å². The van der Waals surface area contributed by atoms with Crippen molar-refractivity contribution >= 4 is 6.29 Å². The van der Waals surface area contributed by atoms with Crippen molar-refractivity contribution in [3.05, 3.63) is 0 Å². The van der Waals surface area contributed by atoms with E-state index >= 15 is 0 Å². The van der Waals surface area contributed by atoms with Crippen molar-refractivity contribution in [1.82, 2.24) is 0 Å². The summed E-state index contributed by atoms with van der Waals surface area (Å²) in [4.78, 5) is 9.97. The largest absolute Gasteiger partial charge is 0.350 e. The Bertz CT molecular complexity index is 119. The van der Waals surface area contributed by atoms with Crippen LogP contribution in [0.1, 0.15) is 32.1 Å². The van der Waals surface area contributed by atoms with Gasteiger partial charge in [0.05, 0.1) is 13.2 Å². The van der Waals surface area contributed by atoms with Crippen molar-refractivity contribution in [1.29, 1.82) is 0 Å². The molecule has 1 aliphatic heterocycles. The van der Waals surface area contributed by atoms with Crippen molar-refractivity contribution in [2.24, 2.45) is 0 Å². The fourth-order valence-electron chi connectivity index (χ4n) is 1.29. The van der Waals surface area contributed by atoms with Crippen LogP contribution in [-0.2, 0) is 14.3 Å². The zero-order valence-corrected chi connectivity index (χ0v) is 7.33. The van der Waals surface area contributed by atoms with E-state index in [-0.39, 0.29) is 6.29 Å². The number of hydrogen-bond acceptors (Lipinski definition) is 3. The molecule has 0 aromatic rings. The Labute approximate surface area is 73.0 Å². The van der Waals surface area contributed by atoms with E-state index in [1.165, 1.54) is 0 Å². The van der Waals surface area contributed by atoms with Crippen LogP contribution >= 0.6 is 0 Å². The monoisotopic (exact) mass is 172 g/mol. The van der Waals surface area contributed by atoms with Gasteiger partial charge in [0.1, 0.15) is 6.29 Å². The van der Waals surface area contributed by atoms with Gasteiger partial charge >= 0.3 is 0 Å². The standard InChI is InChI=1S/C9H16O3/c10-6-4-2-1-3-5-9-11-7-8-12-9/h6,9H,1-5,7-8H2. The summed E-state index contributed by atoms with van der Waals surface area (Å²) in [6.45, 7) is 1.47. The third kappa shape index (κ3) is 3.83. The number of rotatable bonds is 6. The summed E-state index contributed by atoms with van der Waals surface area (Å²) in [5, 5.41) is 0. The summed E-state index contributed by atoms with van der Waals surface area (Å²) in [6.07, 6.45) is 5.85. The van der Waals surface area contributed by atoms with Crippen LogP contribution in [0.15, 0.2) is 0 Å². The Hall–Kier alpha value is -0.410. The average molecular weight is 172 g/mol. The summed E-state index contributed by atoms with van der Waals surface area (Å²) < 4.78 is 10.5. The summed E-state index contributed by atoms with van der Waals surface area (Å²) in [5.74, 6) is 0. The van der Waals surface area contributed by atoms with Crippen molar-refractivity contribution in [3.8, 4) is 0 Å². The highest BCUT2D eigenvalue weighted by Gasteiger charge is 2.14. The Kier molecular flexibility index (Phi) is 4.95. The molecule has 0 aromatic carbocycles. The van der Waals surface area contributed by atoms with Crippen LogP contribution in [0.2, 0.25) is 0 Å². The SMILES string of the molecule is O=CCCCCCC1OCCO1. The third-order valence-electron chi connectivity index (χ3n) is 1.95. The lowest BCUT2D eigenvalue weighted by Crippen LogP contribution is -2.06. The highest BCUT2D eigenvalue weighted by atomic mass is 16.7. The summed E-state index contributed by atoms with van der Waals surface area (Å²) >= 11 is 0. The number of ether oxygens (including phenoxy) is 2. The first-order chi connectivity index (χ1) is 5.93. The van der Waals surface area contributed by atoms with Gasteiger partial charge in [-0.05, 0) is 19.3 Å². The van der Waals surface area contributed by atoms with Gasteiger partial charge in [-0.25, -0.2) is 0 Å². The molecule has 70 valence electrons. The van der Waals surface area contributed by atoms with Gasteiger partial charge in [0, 0.05) is 6.42 Å². The van der Waals surface area contributed by atoms with Crippen LogP contribution in [-0.4, -0.2) is 25.8 Å². The first-order valence-corrected chi connectivity index (χ1v) is 4.60. The van der Waals surface area contributed by atoms with E-state index in [9.17, 15) is 4.79 Å². The van der Waals surface area contributed by atoms with E-state index in [1.807, 2.05) is 0 Å². The molecule has 0 spiro atoms. The number of hydrogen-bond donors (Lipinski definition) is 0. The van der Waals surface area contributed by atoms with Gasteiger partial charge in [0.15, 0.2) is 6.29 Å². The number of aldehydes is 1. The van der Waals surface area contributed by atoms with Crippen molar-refractivity contribution < 1.29 is 14.3 Å². The smallest absolute Gasteiger partial charge is 0.157 e. The quantitative estimate of drug-likeness (QED) is 0.450. The van der Waals surface area contributed by atoms with E-state index < -0.39 is 0 Å². The fourth-order valence-corrected chi connectivity index (χ4v) is 1.29. The zero-order chi connectivity index (χ0) is 8.65. The van der Waals surface area contributed by atoms with Gasteiger partial charge in [0.25, 0.3) is 0 Å². The average Bonchev–Trinajstić information content (AvgIpc) is 2.57. The van der Waals surface area contributed by atoms with Crippen LogP contribution in [0.5, 0.6) is 0 Å². The van der Waals surface area contributed by atoms with Crippen LogP contribution in [0.3, 0.4) is 0 Å². The second kappa shape index (κ2) is 6.14.